The van der Waals surface area contributed by atoms with Crippen molar-refractivity contribution < 1.29 is 4.74 Å². The number of ether oxygens (including phenoxy) is 1. The molecule has 1 unspecified atom stereocenters. The summed E-state index contributed by atoms with van der Waals surface area (Å²) in [4.78, 5) is 8.50. The van der Waals surface area contributed by atoms with Crippen LogP contribution in [0.4, 0.5) is 0 Å². The Morgan fingerprint density at radius 1 is 1.50 bits per heavy atom. The molecular weight excluding hydrogens is 200 g/mol. The standard InChI is InChI=1S/C10H15ClN2O/c1-3-9(14-4-2)10-12-6-5-8(7-11)13-10/h5-6,9H,3-4,7H2,1-2H3. The molecule has 4 heteroatoms. The third-order valence-electron chi connectivity index (χ3n) is 1.90. The molecule has 1 aromatic heterocycles. The van der Waals surface area contributed by atoms with Gasteiger partial charge in [0.1, 0.15) is 6.10 Å². The van der Waals surface area contributed by atoms with Gasteiger partial charge in [0.15, 0.2) is 5.82 Å². The normalized spacial score (nSPS) is 12.8. The monoisotopic (exact) mass is 214 g/mol. The van der Waals surface area contributed by atoms with Gasteiger partial charge < -0.3 is 4.74 Å². The van der Waals surface area contributed by atoms with E-state index < -0.39 is 0 Å². The maximum atomic E-state index is 5.69. The summed E-state index contributed by atoms with van der Waals surface area (Å²) in [5.74, 6) is 1.14. The average molecular weight is 215 g/mol. The molecule has 0 spiro atoms. The summed E-state index contributed by atoms with van der Waals surface area (Å²) in [6, 6.07) is 1.81. The molecule has 14 heavy (non-hydrogen) atoms. The Labute approximate surface area is 89.5 Å². The van der Waals surface area contributed by atoms with Gasteiger partial charge in [-0.1, -0.05) is 6.92 Å². The van der Waals surface area contributed by atoms with Crippen LogP contribution in [0.3, 0.4) is 0 Å². The molecule has 0 N–H and O–H groups in total. The molecule has 1 rings (SSSR count). The van der Waals surface area contributed by atoms with Gasteiger partial charge in [0.05, 0.1) is 11.6 Å². The molecule has 1 aromatic rings. The molecule has 0 saturated heterocycles. The number of rotatable bonds is 5. The Morgan fingerprint density at radius 2 is 2.29 bits per heavy atom. The van der Waals surface area contributed by atoms with Crippen LogP contribution < -0.4 is 0 Å². The van der Waals surface area contributed by atoms with Crippen LogP contribution in [0.2, 0.25) is 0 Å². The SMILES string of the molecule is CCOC(CC)c1nccc(CCl)n1. The van der Waals surface area contributed by atoms with Gasteiger partial charge in [-0.15, -0.1) is 11.6 Å². The molecule has 3 nitrogen and oxygen atoms in total. The summed E-state index contributed by atoms with van der Waals surface area (Å²) in [6.07, 6.45) is 2.59. The minimum Gasteiger partial charge on any atom is -0.371 e. The molecule has 0 fully saturated rings. The van der Waals surface area contributed by atoms with E-state index in [9.17, 15) is 0 Å². The number of hydrogen-bond donors (Lipinski definition) is 0. The third kappa shape index (κ3) is 2.93. The number of aromatic nitrogens is 2. The third-order valence-corrected chi connectivity index (χ3v) is 2.17. The van der Waals surface area contributed by atoms with Gasteiger partial charge in [0, 0.05) is 12.8 Å². The van der Waals surface area contributed by atoms with E-state index in [-0.39, 0.29) is 6.10 Å². The fourth-order valence-electron chi connectivity index (χ4n) is 1.22. The highest BCUT2D eigenvalue weighted by Crippen LogP contribution is 2.16. The molecule has 0 radical (unpaired) electrons. The van der Waals surface area contributed by atoms with E-state index in [4.69, 9.17) is 16.3 Å². The van der Waals surface area contributed by atoms with Crippen LogP contribution in [-0.4, -0.2) is 16.6 Å². The predicted molar refractivity (Wildman–Crippen MR) is 56.2 cm³/mol. The first-order valence-electron chi connectivity index (χ1n) is 4.81. The second-order valence-corrected chi connectivity index (χ2v) is 3.16. The Balaban J connectivity index is 2.80. The van der Waals surface area contributed by atoms with Gasteiger partial charge >= 0.3 is 0 Å². The number of hydrogen-bond acceptors (Lipinski definition) is 3. The Bertz CT molecular complexity index is 281. The average Bonchev–Trinajstić information content (AvgIpc) is 2.26. The lowest BCUT2D eigenvalue weighted by atomic mass is 10.2. The molecule has 0 aromatic carbocycles. The van der Waals surface area contributed by atoms with Crippen molar-refractivity contribution >= 4 is 11.6 Å². The van der Waals surface area contributed by atoms with Crippen molar-refractivity contribution in [2.45, 2.75) is 32.3 Å². The van der Waals surface area contributed by atoms with Crippen molar-refractivity contribution in [2.75, 3.05) is 6.61 Å². The van der Waals surface area contributed by atoms with Crippen molar-refractivity contribution in [2.24, 2.45) is 0 Å². The van der Waals surface area contributed by atoms with Crippen LogP contribution in [0.5, 0.6) is 0 Å². The summed E-state index contributed by atoms with van der Waals surface area (Å²) in [6.45, 7) is 4.69. The fourth-order valence-corrected chi connectivity index (χ4v) is 1.37. The van der Waals surface area contributed by atoms with E-state index in [1.807, 2.05) is 13.0 Å². The highest BCUT2D eigenvalue weighted by molar-refractivity contribution is 6.16. The maximum absolute atomic E-state index is 5.69. The molecule has 0 aliphatic rings. The second-order valence-electron chi connectivity index (χ2n) is 2.89. The Morgan fingerprint density at radius 3 is 2.86 bits per heavy atom. The van der Waals surface area contributed by atoms with Crippen LogP contribution >= 0.6 is 11.6 Å². The highest BCUT2D eigenvalue weighted by Gasteiger charge is 2.12. The number of nitrogens with zero attached hydrogens (tertiary/aromatic N) is 2. The van der Waals surface area contributed by atoms with E-state index in [1.54, 1.807) is 6.20 Å². The zero-order valence-corrected chi connectivity index (χ0v) is 9.29. The molecule has 0 aliphatic heterocycles. The lowest BCUT2D eigenvalue weighted by Gasteiger charge is -2.13. The van der Waals surface area contributed by atoms with Crippen LogP contribution in [0.1, 0.15) is 37.9 Å². The highest BCUT2D eigenvalue weighted by atomic mass is 35.5. The van der Waals surface area contributed by atoms with Crippen LogP contribution in [0.25, 0.3) is 0 Å². The topological polar surface area (TPSA) is 35.0 Å². The molecule has 0 saturated carbocycles. The summed E-state index contributed by atoms with van der Waals surface area (Å²) in [5, 5.41) is 0. The van der Waals surface area contributed by atoms with Crippen LogP contribution in [0.15, 0.2) is 12.3 Å². The van der Waals surface area contributed by atoms with E-state index in [2.05, 4.69) is 16.9 Å². The van der Waals surface area contributed by atoms with Crippen LogP contribution in [-0.2, 0) is 10.6 Å². The minimum atomic E-state index is -0.0110. The largest absolute Gasteiger partial charge is 0.371 e. The summed E-state index contributed by atoms with van der Waals surface area (Å²) in [5.41, 5.74) is 0.842. The van der Waals surface area contributed by atoms with Crippen molar-refractivity contribution in [3.8, 4) is 0 Å². The van der Waals surface area contributed by atoms with Crippen molar-refractivity contribution in [1.82, 2.24) is 9.97 Å². The Kier molecular flexibility index (Phi) is 4.84. The second kappa shape index (κ2) is 5.94. The van der Waals surface area contributed by atoms with Gasteiger partial charge in [-0.3, -0.25) is 0 Å². The minimum absolute atomic E-state index is 0.0110. The van der Waals surface area contributed by atoms with E-state index in [0.29, 0.717) is 12.5 Å². The molecule has 78 valence electrons. The zero-order valence-electron chi connectivity index (χ0n) is 8.53. The van der Waals surface area contributed by atoms with E-state index in [0.717, 1.165) is 17.9 Å². The quantitative estimate of drug-likeness (QED) is 0.707. The molecular formula is C10H15ClN2O. The molecule has 0 bridgehead atoms. The van der Waals surface area contributed by atoms with E-state index in [1.165, 1.54) is 0 Å². The number of halogens is 1. The summed E-state index contributed by atoms with van der Waals surface area (Å²) >= 11 is 5.69. The summed E-state index contributed by atoms with van der Waals surface area (Å²) in [7, 11) is 0. The Hall–Kier alpha value is -0.670. The molecule has 0 aliphatic carbocycles. The summed E-state index contributed by atoms with van der Waals surface area (Å²) < 4.78 is 5.51. The lowest BCUT2D eigenvalue weighted by molar-refractivity contribution is 0.0533. The van der Waals surface area contributed by atoms with Crippen molar-refractivity contribution in [3.63, 3.8) is 0 Å². The van der Waals surface area contributed by atoms with Gasteiger partial charge in [-0.05, 0) is 19.4 Å². The predicted octanol–water partition coefficient (Wildman–Crippen LogP) is 2.70. The smallest absolute Gasteiger partial charge is 0.157 e. The van der Waals surface area contributed by atoms with Crippen molar-refractivity contribution in [3.05, 3.63) is 23.8 Å². The van der Waals surface area contributed by atoms with E-state index >= 15 is 0 Å². The van der Waals surface area contributed by atoms with Gasteiger partial charge in [0.2, 0.25) is 0 Å². The first kappa shape index (κ1) is 11.4. The molecule has 1 heterocycles. The number of alkyl halides is 1. The van der Waals surface area contributed by atoms with Crippen molar-refractivity contribution in [1.29, 1.82) is 0 Å². The molecule has 1 atom stereocenters. The fraction of sp³-hybridized carbons (Fsp3) is 0.600. The first-order chi connectivity index (χ1) is 6.81. The van der Waals surface area contributed by atoms with Gasteiger partial charge in [0.25, 0.3) is 0 Å². The van der Waals surface area contributed by atoms with Gasteiger partial charge in [-0.2, -0.15) is 0 Å². The van der Waals surface area contributed by atoms with Gasteiger partial charge in [-0.25, -0.2) is 9.97 Å². The van der Waals surface area contributed by atoms with Crippen LogP contribution in [0, 0.1) is 0 Å². The zero-order chi connectivity index (χ0) is 10.4. The lowest BCUT2D eigenvalue weighted by Crippen LogP contribution is -2.08. The molecule has 0 amide bonds. The maximum Gasteiger partial charge on any atom is 0.157 e. The first-order valence-corrected chi connectivity index (χ1v) is 5.34.